The molecule has 100 valence electrons. The average molecular weight is 254 g/mol. The van der Waals surface area contributed by atoms with Crippen molar-refractivity contribution in [1.82, 2.24) is 20.5 Å². The Morgan fingerprint density at radius 3 is 2.72 bits per heavy atom. The second kappa shape index (κ2) is 6.73. The van der Waals surface area contributed by atoms with E-state index in [4.69, 9.17) is 5.11 Å². The van der Waals surface area contributed by atoms with Crippen LogP contribution in [0.2, 0.25) is 0 Å². The number of rotatable bonds is 7. The highest BCUT2D eigenvalue weighted by Gasteiger charge is 2.20. The number of aromatic amines is 1. The number of aromatic nitrogens is 3. The summed E-state index contributed by atoms with van der Waals surface area (Å²) in [5.41, 5.74) is 0. The first-order valence-electron chi connectivity index (χ1n) is 5.85. The van der Waals surface area contributed by atoms with E-state index in [9.17, 15) is 9.59 Å². The predicted molar refractivity (Wildman–Crippen MR) is 63.7 cm³/mol. The van der Waals surface area contributed by atoms with Crippen molar-refractivity contribution in [1.29, 1.82) is 0 Å². The van der Waals surface area contributed by atoms with Crippen LogP contribution in [0, 0.1) is 5.92 Å². The summed E-state index contributed by atoms with van der Waals surface area (Å²) in [6.45, 7) is 3.83. The summed E-state index contributed by atoms with van der Waals surface area (Å²) < 4.78 is 0. The molecule has 1 aromatic rings. The first-order chi connectivity index (χ1) is 8.49. The molecule has 7 nitrogen and oxygen atoms in total. The largest absolute Gasteiger partial charge is 0.480 e. The van der Waals surface area contributed by atoms with Crippen molar-refractivity contribution in [3.8, 4) is 0 Å². The number of nitrogens with zero attached hydrogens (tertiary/aromatic N) is 2. The fourth-order valence-electron chi connectivity index (χ4n) is 1.54. The van der Waals surface area contributed by atoms with Crippen LogP contribution in [0.5, 0.6) is 0 Å². The minimum atomic E-state index is -1.00. The van der Waals surface area contributed by atoms with Gasteiger partial charge in [0.1, 0.15) is 18.2 Å². The molecule has 0 aliphatic rings. The lowest BCUT2D eigenvalue weighted by Gasteiger charge is -2.16. The number of hydrogen-bond acceptors (Lipinski definition) is 4. The first-order valence-corrected chi connectivity index (χ1v) is 5.85. The monoisotopic (exact) mass is 254 g/mol. The highest BCUT2D eigenvalue weighted by molar-refractivity contribution is 5.83. The van der Waals surface area contributed by atoms with Gasteiger partial charge in [-0.25, -0.2) is 9.78 Å². The fourth-order valence-corrected chi connectivity index (χ4v) is 1.54. The molecular weight excluding hydrogens is 236 g/mol. The van der Waals surface area contributed by atoms with Gasteiger partial charge in [-0.3, -0.25) is 9.89 Å². The Kier molecular flexibility index (Phi) is 5.29. The molecule has 7 heteroatoms. The summed E-state index contributed by atoms with van der Waals surface area (Å²) in [6, 6.07) is -0.827. The smallest absolute Gasteiger partial charge is 0.326 e. The van der Waals surface area contributed by atoms with Crippen LogP contribution in [0.3, 0.4) is 0 Å². The van der Waals surface area contributed by atoms with Crippen molar-refractivity contribution in [2.45, 2.75) is 39.2 Å². The van der Waals surface area contributed by atoms with Crippen molar-refractivity contribution >= 4 is 11.9 Å². The minimum Gasteiger partial charge on any atom is -0.480 e. The maximum Gasteiger partial charge on any atom is 0.326 e. The molecule has 0 saturated heterocycles. The van der Waals surface area contributed by atoms with Crippen molar-refractivity contribution in [3.63, 3.8) is 0 Å². The van der Waals surface area contributed by atoms with Gasteiger partial charge in [-0.2, -0.15) is 5.10 Å². The Balaban J connectivity index is 2.39. The molecule has 1 atom stereocenters. The van der Waals surface area contributed by atoms with E-state index in [0.717, 1.165) is 0 Å². The SMILES string of the molecule is CC(C)CC(NC(=O)CCc1ncn[nH]1)C(=O)O. The number of carboxylic acids is 1. The summed E-state index contributed by atoms with van der Waals surface area (Å²) in [7, 11) is 0. The molecule has 0 saturated carbocycles. The van der Waals surface area contributed by atoms with E-state index in [0.29, 0.717) is 18.7 Å². The molecule has 1 rings (SSSR count). The van der Waals surface area contributed by atoms with Gasteiger partial charge in [-0.15, -0.1) is 0 Å². The zero-order valence-electron chi connectivity index (χ0n) is 10.5. The van der Waals surface area contributed by atoms with Crippen LogP contribution >= 0.6 is 0 Å². The zero-order valence-corrected chi connectivity index (χ0v) is 10.5. The van der Waals surface area contributed by atoms with Crippen LogP contribution in [-0.4, -0.2) is 38.2 Å². The lowest BCUT2D eigenvalue weighted by atomic mass is 10.0. The van der Waals surface area contributed by atoms with Gasteiger partial charge >= 0.3 is 5.97 Å². The van der Waals surface area contributed by atoms with Crippen LogP contribution in [0.4, 0.5) is 0 Å². The summed E-state index contributed by atoms with van der Waals surface area (Å²) >= 11 is 0. The Hall–Kier alpha value is -1.92. The van der Waals surface area contributed by atoms with Gasteiger partial charge in [-0.05, 0) is 12.3 Å². The fraction of sp³-hybridized carbons (Fsp3) is 0.636. The molecule has 18 heavy (non-hydrogen) atoms. The van der Waals surface area contributed by atoms with Gasteiger partial charge in [0.2, 0.25) is 5.91 Å². The molecule has 1 amide bonds. The number of carbonyl (C=O) groups excluding carboxylic acids is 1. The van der Waals surface area contributed by atoms with Gasteiger partial charge in [0.15, 0.2) is 0 Å². The number of H-pyrrole nitrogens is 1. The zero-order chi connectivity index (χ0) is 13.5. The third-order valence-electron chi connectivity index (χ3n) is 2.39. The Morgan fingerprint density at radius 2 is 2.22 bits per heavy atom. The number of aliphatic carboxylic acids is 1. The maximum absolute atomic E-state index is 11.6. The number of aryl methyl sites for hydroxylation is 1. The molecule has 1 unspecified atom stereocenters. The highest BCUT2D eigenvalue weighted by Crippen LogP contribution is 2.05. The van der Waals surface area contributed by atoms with Gasteiger partial charge in [0.05, 0.1) is 0 Å². The lowest BCUT2D eigenvalue weighted by molar-refractivity contribution is -0.142. The molecule has 0 radical (unpaired) electrons. The molecule has 3 N–H and O–H groups in total. The minimum absolute atomic E-state index is 0.192. The molecule has 1 heterocycles. The topological polar surface area (TPSA) is 108 Å². The second-order valence-electron chi connectivity index (χ2n) is 4.52. The number of hydrogen-bond donors (Lipinski definition) is 3. The van der Waals surface area contributed by atoms with Crippen molar-refractivity contribution < 1.29 is 14.7 Å². The third-order valence-corrected chi connectivity index (χ3v) is 2.39. The predicted octanol–water partition coefficient (Wildman–Crippen LogP) is 0.353. The van der Waals surface area contributed by atoms with E-state index < -0.39 is 12.0 Å². The van der Waals surface area contributed by atoms with Gasteiger partial charge in [0, 0.05) is 12.8 Å². The van der Waals surface area contributed by atoms with Crippen LogP contribution in [-0.2, 0) is 16.0 Å². The van der Waals surface area contributed by atoms with Gasteiger partial charge in [0.25, 0.3) is 0 Å². The van der Waals surface area contributed by atoms with E-state index in [2.05, 4.69) is 20.5 Å². The Morgan fingerprint density at radius 1 is 1.50 bits per heavy atom. The van der Waals surface area contributed by atoms with E-state index >= 15 is 0 Å². The maximum atomic E-state index is 11.6. The van der Waals surface area contributed by atoms with Crippen LogP contribution < -0.4 is 5.32 Å². The number of carboxylic acid groups (broad SMARTS) is 1. The van der Waals surface area contributed by atoms with Crippen LogP contribution in [0.25, 0.3) is 0 Å². The number of carbonyl (C=O) groups is 2. The van der Waals surface area contributed by atoms with Gasteiger partial charge in [-0.1, -0.05) is 13.8 Å². The molecule has 0 bridgehead atoms. The van der Waals surface area contributed by atoms with E-state index in [1.165, 1.54) is 6.33 Å². The summed E-state index contributed by atoms with van der Waals surface area (Å²) in [6.07, 6.45) is 2.40. The van der Waals surface area contributed by atoms with Crippen molar-refractivity contribution in [2.24, 2.45) is 5.92 Å². The molecule has 0 spiro atoms. The normalized spacial score (nSPS) is 12.4. The molecule has 0 fully saturated rings. The molecule has 0 aromatic carbocycles. The highest BCUT2D eigenvalue weighted by atomic mass is 16.4. The number of amides is 1. The molecular formula is C11H18N4O3. The van der Waals surface area contributed by atoms with E-state index in [-0.39, 0.29) is 18.2 Å². The molecule has 0 aliphatic heterocycles. The summed E-state index contributed by atoms with van der Waals surface area (Å²) in [5.74, 6) is -0.474. The van der Waals surface area contributed by atoms with Crippen LogP contribution in [0.15, 0.2) is 6.33 Å². The quantitative estimate of drug-likeness (QED) is 0.650. The standard InChI is InChI=1S/C11H18N4O3/c1-7(2)5-8(11(17)18)14-10(16)4-3-9-12-6-13-15-9/h6-8H,3-5H2,1-2H3,(H,14,16)(H,17,18)(H,12,13,15). The summed E-state index contributed by atoms with van der Waals surface area (Å²) in [5, 5.41) is 17.8. The van der Waals surface area contributed by atoms with E-state index in [1.54, 1.807) is 0 Å². The second-order valence-corrected chi connectivity index (χ2v) is 4.52. The van der Waals surface area contributed by atoms with Crippen molar-refractivity contribution in [3.05, 3.63) is 12.2 Å². The first kappa shape index (κ1) is 14.1. The van der Waals surface area contributed by atoms with Gasteiger partial charge < -0.3 is 10.4 Å². The molecule has 0 aliphatic carbocycles. The summed E-state index contributed by atoms with van der Waals surface area (Å²) in [4.78, 5) is 26.4. The lowest BCUT2D eigenvalue weighted by Crippen LogP contribution is -2.41. The Bertz CT molecular complexity index is 389. The molecule has 1 aromatic heterocycles. The Labute approximate surface area is 105 Å². The average Bonchev–Trinajstić information content (AvgIpc) is 2.77. The third kappa shape index (κ3) is 4.94. The van der Waals surface area contributed by atoms with E-state index in [1.807, 2.05) is 13.8 Å². The number of nitrogens with one attached hydrogen (secondary N) is 2. The van der Waals surface area contributed by atoms with Crippen LogP contribution in [0.1, 0.15) is 32.5 Å². The van der Waals surface area contributed by atoms with Crippen molar-refractivity contribution in [2.75, 3.05) is 0 Å².